The topological polar surface area (TPSA) is 59.9 Å². The number of para-hydroxylation sites is 2. The molecule has 0 spiro atoms. The van der Waals surface area contributed by atoms with Gasteiger partial charge in [-0.3, -0.25) is 4.79 Å². The van der Waals surface area contributed by atoms with Gasteiger partial charge in [-0.15, -0.1) is 11.3 Å². The van der Waals surface area contributed by atoms with Crippen molar-refractivity contribution in [2.24, 2.45) is 5.10 Å². The third-order valence-electron chi connectivity index (χ3n) is 2.88. The Balaban J connectivity index is 1.90. The Hall–Kier alpha value is -2.34. The zero-order valence-electron chi connectivity index (χ0n) is 12.5. The lowest BCUT2D eigenvalue weighted by molar-refractivity contribution is -0.123. The van der Waals surface area contributed by atoms with Crippen LogP contribution in [0.4, 0.5) is 0 Å². The summed E-state index contributed by atoms with van der Waals surface area (Å²) >= 11 is 1.59. The third kappa shape index (κ3) is 4.33. The van der Waals surface area contributed by atoms with Crippen LogP contribution >= 0.6 is 11.3 Å². The molecule has 2 aromatic rings. The van der Waals surface area contributed by atoms with Gasteiger partial charge in [0.05, 0.1) is 17.7 Å². The molecule has 1 aromatic carbocycles. The van der Waals surface area contributed by atoms with Crippen molar-refractivity contribution in [1.29, 1.82) is 0 Å². The maximum absolute atomic E-state index is 11.8. The highest BCUT2D eigenvalue weighted by atomic mass is 32.1. The molecular formula is C16H18N2O3S. The minimum atomic E-state index is -0.312. The number of carbonyl (C=O) groups excluding carboxylic acids is 1. The number of nitrogens with zero attached hydrogens (tertiary/aromatic N) is 1. The van der Waals surface area contributed by atoms with E-state index in [1.165, 1.54) is 0 Å². The lowest BCUT2D eigenvalue weighted by Crippen LogP contribution is -2.25. The van der Waals surface area contributed by atoms with E-state index in [2.05, 4.69) is 10.5 Å². The zero-order chi connectivity index (χ0) is 15.8. The average Bonchev–Trinajstić information content (AvgIpc) is 3.08. The molecule has 1 N–H and O–H groups in total. The maximum Gasteiger partial charge on any atom is 0.277 e. The summed E-state index contributed by atoms with van der Waals surface area (Å²) in [5.74, 6) is 0.804. The summed E-state index contributed by atoms with van der Waals surface area (Å²) in [7, 11) is 1.56. The van der Waals surface area contributed by atoms with Crippen molar-refractivity contribution in [3.05, 3.63) is 46.7 Å². The highest BCUT2D eigenvalue weighted by molar-refractivity contribution is 7.12. The number of carbonyl (C=O) groups is 1. The van der Waals surface area contributed by atoms with Gasteiger partial charge in [0.25, 0.3) is 5.91 Å². The molecule has 0 bridgehead atoms. The Kier molecular flexibility index (Phi) is 5.97. The van der Waals surface area contributed by atoms with E-state index in [1.807, 2.05) is 36.6 Å². The Morgan fingerprint density at radius 2 is 2.00 bits per heavy atom. The first-order chi connectivity index (χ1) is 10.7. The predicted molar refractivity (Wildman–Crippen MR) is 87.8 cm³/mol. The van der Waals surface area contributed by atoms with Crippen molar-refractivity contribution < 1.29 is 14.3 Å². The molecule has 0 radical (unpaired) electrons. The van der Waals surface area contributed by atoms with Gasteiger partial charge < -0.3 is 9.47 Å². The summed E-state index contributed by atoms with van der Waals surface area (Å²) in [6.45, 7) is 1.88. The van der Waals surface area contributed by atoms with Crippen LogP contribution in [0.2, 0.25) is 0 Å². The Bertz CT molecular complexity index is 639. The van der Waals surface area contributed by atoms with E-state index in [0.29, 0.717) is 11.5 Å². The molecule has 1 aromatic heterocycles. The smallest absolute Gasteiger partial charge is 0.277 e. The second-order valence-electron chi connectivity index (χ2n) is 4.36. The fourth-order valence-corrected chi connectivity index (χ4v) is 2.58. The van der Waals surface area contributed by atoms with E-state index in [9.17, 15) is 4.79 Å². The fraction of sp³-hybridized carbons (Fsp3) is 0.250. The van der Waals surface area contributed by atoms with Gasteiger partial charge >= 0.3 is 0 Å². The first kappa shape index (κ1) is 16.0. The summed E-state index contributed by atoms with van der Waals surface area (Å²) in [4.78, 5) is 12.9. The third-order valence-corrected chi connectivity index (χ3v) is 3.80. The molecule has 5 nitrogen and oxygen atoms in total. The molecule has 0 unspecified atom stereocenters. The number of benzene rings is 1. The van der Waals surface area contributed by atoms with Crippen molar-refractivity contribution in [2.75, 3.05) is 13.7 Å². The fourth-order valence-electron chi connectivity index (χ4n) is 1.79. The highest BCUT2D eigenvalue weighted by Crippen LogP contribution is 2.25. The standard InChI is InChI=1S/C16H18N2O3S/c1-3-12(15-9-6-10-22-15)17-18-16(19)11-21-14-8-5-4-7-13(14)20-2/h4-10H,3,11H2,1-2H3,(H,18,19)/b17-12-. The van der Waals surface area contributed by atoms with E-state index in [4.69, 9.17) is 9.47 Å². The van der Waals surface area contributed by atoms with Gasteiger partial charge in [-0.05, 0) is 30.0 Å². The van der Waals surface area contributed by atoms with Crippen molar-refractivity contribution in [2.45, 2.75) is 13.3 Å². The van der Waals surface area contributed by atoms with E-state index < -0.39 is 0 Å². The molecule has 22 heavy (non-hydrogen) atoms. The quantitative estimate of drug-likeness (QED) is 0.630. The second kappa shape index (κ2) is 8.19. The first-order valence-electron chi connectivity index (χ1n) is 6.89. The number of hydrogen-bond acceptors (Lipinski definition) is 5. The summed E-state index contributed by atoms with van der Waals surface area (Å²) in [5.41, 5.74) is 3.37. The number of ether oxygens (including phenoxy) is 2. The van der Waals surface area contributed by atoms with Crippen molar-refractivity contribution in [1.82, 2.24) is 5.43 Å². The second-order valence-corrected chi connectivity index (χ2v) is 5.31. The molecule has 0 saturated heterocycles. The van der Waals surface area contributed by atoms with Gasteiger partial charge in [-0.1, -0.05) is 25.1 Å². The van der Waals surface area contributed by atoms with E-state index in [0.717, 1.165) is 17.0 Å². The largest absolute Gasteiger partial charge is 0.493 e. The number of hydrazone groups is 1. The van der Waals surface area contributed by atoms with Gasteiger partial charge in [0.2, 0.25) is 0 Å². The van der Waals surface area contributed by atoms with Gasteiger partial charge in [0.1, 0.15) is 0 Å². The molecule has 0 saturated carbocycles. The molecule has 116 valence electrons. The minimum Gasteiger partial charge on any atom is -0.493 e. The Labute approximate surface area is 133 Å². The molecule has 0 atom stereocenters. The average molecular weight is 318 g/mol. The number of hydrogen-bond donors (Lipinski definition) is 1. The summed E-state index contributed by atoms with van der Waals surface area (Å²) in [6.07, 6.45) is 0.744. The summed E-state index contributed by atoms with van der Waals surface area (Å²) in [5, 5.41) is 6.14. The predicted octanol–water partition coefficient (Wildman–Crippen LogP) is 3.07. The van der Waals surface area contributed by atoms with E-state index in [-0.39, 0.29) is 12.5 Å². The molecule has 6 heteroatoms. The van der Waals surface area contributed by atoms with Crippen molar-refractivity contribution in [3.8, 4) is 11.5 Å². The number of nitrogens with one attached hydrogen (secondary N) is 1. The summed E-state index contributed by atoms with van der Waals surface area (Å²) < 4.78 is 10.6. The lowest BCUT2D eigenvalue weighted by Gasteiger charge is -2.09. The van der Waals surface area contributed by atoms with E-state index in [1.54, 1.807) is 30.6 Å². The molecule has 0 aliphatic carbocycles. The molecule has 1 amide bonds. The molecular weight excluding hydrogens is 300 g/mol. The van der Waals surface area contributed by atoms with Crippen LogP contribution in [0.1, 0.15) is 18.2 Å². The number of thiophene rings is 1. The van der Waals surface area contributed by atoms with Crippen LogP contribution in [0.15, 0.2) is 46.9 Å². The number of methoxy groups -OCH3 is 1. The normalized spacial score (nSPS) is 11.1. The molecule has 0 aliphatic rings. The van der Waals surface area contributed by atoms with Crippen LogP contribution in [0.3, 0.4) is 0 Å². The van der Waals surface area contributed by atoms with Crippen LogP contribution in [0.25, 0.3) is 0 Å². The lowest BCUT2D eigenvalue weighted by atomic mass is 10.2. The zero-order valence-corrected chi connectivity index (χ0v) is 13.4. The Morgan fingerprint density at radius 1 is 1.23 bits per heavy atom. The van der Waals surface area contributed by atoms with Gasteiger partial charge in [-0.25, -0.2) is 5.43 Å². The molecule has 2 rings (SSSR count). The van der Waals surface area contributed by atoms with Crippen molar-refractivity contribution >= 4 is 23.0 Å². The van der Waals surface area contributed by atoms with Crippen LogP contribution in [0.5, 0.6) is 11.5 Å². The SMILES string of the molecule is CC/C(=N/NC(=O)COc1ccccc1OC)c1cccs1. The monoisotopic (exact) mass is 318 g/mol. The highest BCUT2D eigenvalue weighted by Gasteiger charge is 2.07. The molecule has 0 fully saturated rings. The van der Waals surface area contributed by atoms with Crippen LogP contribution in [-0.4, -0.2) is 25.3 Å². The molecule has 1 heterocycles. The number of rotatable bonds is 7. The van der Waals surface area contributed by atoms with Crippen LogP contribution in [0, 0.1) is 0 Å². The van der Waals surface area contributed by atoms with Crippen LogP contribution < -0.4 is 14.9 Å². The van der Waals surface area contributed by atoms with Gasteiger partial charge in [0, 0.05) is 0 Å². The van der Waals surface area contributed by atoms with Crippen molar-refractivity contribution in [3.63, 3.8) is 0 Å². The maximum atomic E-state index is 11.8. The number of amides is 1. The van der Waals surface area contributed by atoms with Crippen LogP contribution in [-0.2, 0) is 4.79 Å². The van der Waals surface area contributed by atoms with E-state index >= 15 is 0 Å². The first-order valence-corrected chi connectivity index (χ1v) is 7.77. The van der Waals surface area contributed by atoms with Gasteiger partial charge in [0.15, 0.2) is 18.1 Å². The minimum absolute atomic E-state index is 0.120. The summed E-state index contributed by atoms with van der Waals surface area (Å²) in [6, 6.07) is 11.1. The molecule has 0 aliphatic heterocycles. The Morgan fingerprint density at radius 3 is 2.64 bits per heavy atom. The van der Waals surface area contributed by atoms with Gasteiger partial charge in [-0.2, -0.15) is 5.10 Å².